The van der Waals surface area contributed by atoms with Crippen molar-refractivity contribution in [3.8, 4) is 11.5 Å². The summed E-state index contributed by atoms with van der Waals surface area (Å²) in [6, 6.07) is 14.5. The zero-order chi connectivity index (χ0) is 19.9. The molecule has 0 aliphatic heterocycles. The fraction of sp³-hybridized carbons (Fsp3) is 0.200. The van der Waals surface area contributed by atoms with E-state index in [4.69, 9.17) is 4.42 Å². The van der Waals surface area contributed by atoms with Gasteiger partial charge in [0.05, 0.1) is 5.75 Å². The van der Waals surface area contributed by atoms with Crippen LogP contribution >= 0.6 is 11.8 Å². The first-order valence-electron chi connectivity index (χ1n) is 8.76. The number of rotatable bonds is 7. The molecule has 0 aliphatic rings. The molecule has 28 heavy (non-hydrogen) atoms. The van der Waals surface area contributed by atoms with Gasteiger partial charge in [0.2, 0.25) is 11.8 Å². The molecule has 0 fully saturated rings. The molecular weight excluding hydrogens is 376 g/mol. The summed E-state index contributed by atoms with van der Waals surface area (Å²) in [5.41, 5.74) is 2.98. The molecule has 1 aromatic heterocycles. The first-order valence-corrected chi connectivity index (χ1v) is 9.75. The van der Waals surface area contributed by atoms with Gasteiger partial charge >= 0.3 is 0 Å². The third-order valence-electron chi connectivity index (χ3n) is 3.74. The fourth-order valence-corrected chi connectivity index (χ4v) is 3.05. The lowest BCUT2D eigenvalue weighted by Gasteiger charge is -2.07. The smallest absolute Gasteiger partial charge is 0.277 e. The Morgan fingerprint density at radius 2 is 1.93 bits per heavy atom. The molecule has 8 heteroatoms. The Kier molecular flexibility index (Phi) is 6.44. The molecule has 0 bridgehead atoms. The number of carbonyl (C=O) groups excluding carboxylic acids is 2. The molecule has 3 aromatic rings. The number of nitrogens with zero attached hydrogens (tertiary/aromatic N) is 2. The predicted octanol–water partition coefficient (Wildman–Crippen LogP) is 3.53. The molecule has 2 amide bonds. The van der Waals surface area contributed by atoms with Crippen molar-refractivity contribution in [2.24, 2.45) is 0 Å². The molecular formula is C20H20N4O3S. The average Bonchev–Trinajstić information content (AvgIpc) is 3.16. The van der Waals surface area contributed by atoms with Crippen LogP contribution in [-0.2, 0) is 4.79 Å². The van der Waals surface area contributed by atoms with E-state index in [0.717, 1.165) is 22.9 Å². The van der Waals surface area contributed by atoms with Gasteiger partial charge in [0.25, 0.3) is 11.1 Å². The van der Waals surface area contributed by atoms with Crippen LogP contribution in [0.5, 0.6) is 0 Å². The molecule has 0 aliphatic carbocycles. The molecule has 0 atom stereocenters. The Labute approximate surface area is 166 Å². The number of nitrogens with one attached hydrogen (secondary N) is 2. The largest absolute Gasteiger partial charge is 0.411 e. The Balaban J connectivity index is 1.56. The normalized spacial score (nSPS) is 10.5. The predicted molar refractivity (Wildman–Crippen MR) is 108 cm³/mol. The molecule has 144 valence electrons. The second-order valence-electron chi connectivity index (χ2n) is 6.02. The van der Waals surface area contributed by atoms with E-state index in [9.17, 15) is 9.59 Å². The van der Waals surface area contributed by atoms with Gasteiger partial charge in [-0.15, -0.1) is 10.2 Å². The van der Waals surface area contributed by atoms with Crippen LogP contribution in [0.15, 0.2) is 58.2 Å². The number of benzene rings is 2. The van der Waals surface area contributed by atoms with Crippen LogP contribution in [0.1, 0.15) is 22.8 Å². The first kappa shape index (κ1) is 19.6. The van der Waals surface area contributed by atoms with Crippen molar-refractivity contribution < 1.29 is 14.0 Å². The maximum Gasteiger partial charge on any atom is 0.277 e. The minimum absolute atomic E-state index is 0.112. The summed E-state index contributed by atoms with van der Waals surface area (Å²) >= 11 is 1.15. The van der Waals surface area contributed by atoms with Crippen molar-refractivity contribution in [2.75, 3.05) is 17.6 Å². The molecule has 0 radical (unpaired) electrons. The number of aromatic nitrogens is 2. The zero-order valence-corrected chi connectivity index (χ0v) is 16.4. The van der Waals surface area contributed by atoms with Crippen LogP contribution < -0.4 is 10.6 Å². The van der Waals surface area contributed by atoms with Gasteiger partial charge in [0.1, 0.15) is 0 Å². The lowest BCUT2D eigenvalue weighted by atomic mass is 10.1. The van der Waals surface area contributed by atoms with E-state index < -0.39 is 0 Å². The Morgan fingerprint density at radius 3 is 2.71 bits per heavy atom. The highest BCUT2D eigenvalue weighted by Crippen LogP contribution is 2.24. The van der Waals surface area contributed by atoms with Gasteiger partial charge in [-0.3, -0.25) is 9.59 Å². The van der Waals surface area contributed by atoms with Gasteiger partial charge in [0.15, 0.2) is 0 Å². The standard InChI is InChI=1S/C20H20N4O3S/c1-3-21-18(26)14-7-5-9-16(11-14)22-17(25)12-28-20-24-23-19(27-20)15-8-4-6-13(2)10-15/h4-11H,3,12H2,1-2H3,(H,21,26)(H,22,25). The van der Waals surface area contributed by atoms with Crippen LogP contribution in [0, 0.1) is 6.92 Å². The average molecular weight is 396 g/mol. The summed E-state index contributed by atoms with van der Waals surface area (Å²) < 4.78 is 5.61. The lowest BCUT2D eigenvalue weighted by Crippen LogP contribution is -2.23. The van der Waals surface area contributed by atoms with Gasteiger partial charge in [-0.25, -0.2) is 0 Å². The second kappa shape index (κ2) is 9.18. The topological polar surface area (TPSA) is 97.1 Å². The SMILES string of the molecule is CCNC(=O)c1cccc(NC(=O)CSc2nnc(-c3cccc(C)c3)o2)c1. The van der Waals surface area contributed by atoms with Crippen molar-refractivity contribution in [3.05, 3.63) is 59.7 Å². The van der Waals surface area contributed by atoms with Crippen molar-refractivity contribution in [2.45, 2.75) is 19.1 Å². The van der Waals surface area contributed by atoms with Crippen molar-refractivity contribution in [1.82, 2.24) is 15.5 Å². The molecule has 0 saturated carbocycles. The van der Waals surface area contributed by atoms with Crippen molar-refractivity contribution in [1.29, 1.82) is 0 Å². The quantitative estimate of drug-likeness (QED) is 0.593. The minimum Gasteiger partial charge on any atom is -0.411 e. The summed E-state index contributed by atoms with van der Waals surface area (Å²) in [6.45, 7) is 4.38. The number of hydrogen-bond donors (Lipinski definition) is 2. The molecule has 3 rings (SSSR count). The maximum absolute atomic E-state index is 12.2. The van der Waals surface area contributed by atoms with Crippen LogP contribution in [0.3, 0.4) is 0 Å². The Morgan fingerprint density at radius 1 is 1.11 bits per heavy atom. The third kappa shape index (κ3) is 5.20. The third-order valence-corrected chi connectivity index (χ3v) is 4.56. The lowest BCUT2D eigenvalue weighted by molar-refractivity contribution is -0.113. The fourth-order valence-electron chi connectivity index (χ4n) is 2.49. The summed E-state index contributed by atoms with van der Waals surface area (Å²) in [5, 5.41) is 13.8. The number of thioether (sulfide) groups is 1. The summed E-state index contributed by atoms with van der Waals surface area (Å²) in [7, 11) is 0. The van der Waals surface area contributed by atoms with Crippen LogP contribution in [0.25, 0.3) is 11.5 Å². The van der Waals surface area contributed by atoms with Crippen LogP contribution in [0.4, 0.5) is 5.69 Å². The summed E-state index contributed by atoms with van der Waals surface area (Å²) in [5.74, 6) is 0.123. The highest BCUT2D eigenvalue weighted by Gasteiger charge is 2.12. The number of carbonyl (C=O) groups is 2. The second-order valence-corrected chi connectivity index (χ2v) is 6.95. The van der Waals surface area contributed by atoms with E-state index in [1.807, 2.05) is 38.1 Å². The van der Waals surface area contributed by atoms with Crippen LogP contribution in [-0.4, -0.2) is 34.3 Å². The minimum atomic E-state index is -0.228. The van der Waals surface area contributed by atoms with E-state index in [1.54, 1.807) is 24.3 Å². The number of hydrogen-bond acceptors (Lipinski definition) is 6. The van der Waals surface area contributed by atoms with E-state index in [-0.39, 0.29) is 17.6 Å². The number of aryl methyl sites for hydroxylation is 1. The number of amides is 2. The Hall–Kier alpha value is -3.13. The van der Waals surface area contributed by atoms with Gasteiger partial charge < -0.3 is 15.1 Å². The van der Waals surface area contributed by atoms with E-state index in [1.165, 1.54) is 0 Å². The van der Waals surface area contributed by atoms with Crippen molar-refractivity contribution >= 4 is 29.3 Å². The van der Waals surface area contributed by atoms with E-state index >= 15 is 0 Å². The van der Waals surface area contributed by atoms with Gasteiger partial charge in [-0.2, -0.15) is 0 Å². The molecule has 1 heterocycles. The first-order chi connectivity index (χ1) is 13.5. The van der Waals surface area contributed by atoms with E-state index in [0.29, 0.717) is 28.9 Å². The molecule has 0 spiro atoms. The summed E-state index contributed by atoms with van der Waals surface area (Å²) in [4.78, 5) is 24.1. The van der Waals surface area contributed by atoms with Gasteiger partial charge in [-0.05, 0) is 44.2 Å². The summed E-state index contributed by atoms with van der Waals surface area (Å²) in [6.07, 6.45) is 0. The molecule has 0 unspecified atom stereocenters. The highest BCUT2D eigenvalue weighted by molar-refractivity contribution is 7.99. The molecule has 2 aromatic carbocycles. The van der Waals surface area contributed by atoms with Gasteiger partial charge in [-0.1, -0.05) is 35.5 Å². The zero-order valence-electron chi connectivity index (χ0n) is 15.6. The molecule has 2 N–H and O–H groups in total. The molecule has 0 saturated heterocycles. The molecule has 7 nitrogen and oxygen atoms in total. The highest BCUT2D eigenvalue weighted by atomic mass is 32.2. The monoisotopic (exact) mass is 396 g/mol. The van der Waals surface area contributed by atoms with Crippen molar-refractivity contribution in [3.63, 3.8) is 0 Å². The van der Waals surface area contributed by atoms with Gasteiger partial charge in [0, 0.05) is 23.4 Å². The van der Waals surface area contributed by atoms with Crippen LogP contribution in [0.2, 0.25) is 0 Å². The Bertz CT molecular complexity index is 987. The maximum atomic E-state index is 12.2. The number of anilines is 1. The van der Waals surface area contributed by atoms with E-state index in [2.05, 4.69) is 20.8 Å².